The number of amides is 1. The Labute approximate surface area is 204 Å². The second-order valence-corrected chi connectivity index (χ2v) is 8.92. The van der Waals surface area contributed by atoms with Gasteiger partial charge in [0, 0.05) is 0 Å². The van der Waals surface area contributed by atoms with Gasteiger partial charge in [-0.15, -0.1) is 0 Å². The van der Waals surface area contributed by atoms with E-state index in [-0.39, 0.29) is 11.5 Å². The number of sulfonamides is 1. The van der Waals surface area contributed by atoms with Crippen LogP contribution in [0.25, 0.3) is 0 Å². The van der Waals surface area contributed by atoms with Gasteiger partial charge in [-0.1, -0.05) is 18.2 Å². The fourth-order valence-corrected chi connectivity index (χ4v) is 4.44. The molecule has 3 aromatic carbocycles. The summed E-state index contributed by atoms with van der Waals surface area (Å²) in [4.78, 5) is 12.6. The molecular weight excluding hydrogens is 468 g/mol. The number of benzene rings is 3. The van der Waals surface area contributed by atoms with Gasteiger partial charge in [0.25, 0.3) is 15.9 Å². The lowest BCUT2D eigenvalue weighted by molar-refractivity contribution is -0.119. The number of nitrogens with zero attached hydrogens (tertiary/aromatic N) is 3. The minimum Gasteiger partial charge on any atom is -0.494 e. The second kappa shape index (κ2) is 12.2. The van der Waals surface area contributed by atoms with E-state index in [2.05, 4.69) is 10.5 Å². The lowest BCUT2D eigenvalue weighted by Gasteiger charge is -2.23. The number of rotatable bonds is 11. The summed E-state index contributed by atoms with van der Waals surface area (Å²) in [6.07, 6.45) is 1.42. The van der Waals surface area contributed by atoms with Gasteiger partial charge < -0.3 is 9.47 Å². The fourth-order valence-electron chi connectivity index (χ4n) is 3.02. The smallest absolute Gasteiger partial charge is 0.264 e. The van der Waals surface area contributed by atoms with Crippen LogP contribution in [0, 0.1) is 11.3 Å². The summed E-state index contributed by atoms with van der Waals surface area (Å²) < 4.78 is 38.3. The molecular formula is C25H24N4O5S. The third-order valence-corrected chi connectivity index (χ3v) is 6.43. The molecule has 9 nitrogen and oxygen atoms in total. The first-order valence-electron chi connectivity index (χ1n) is 10.7. The van der Waals surface area contributed by atoms with Crippen molar-refractivity contribution in [3.8, 4) is 17.6 Å². The second-order valence-electron chi connectivity index (χ2n) is 7.06. The number of hydrogen-bond donors (Lipinski definition) is 1. The molecule has 0 atom stereocenters. The number of carbonyl (C=O) groups excluding carboxylic acids is 1. The lowest BCUT2D eigenvalue weighted by atomic mass is 10.2. The molecule has 0 aliphatic rings. The van der Waals surface area contributed by atoms with Gasteiger partial charge in [0.05, 0.1) is 23.4 Å². The number of para-hydroxylation sites is 1. The summed E-state index contributed by atoms with van der Waals surface area (Å²) in [5.74, 6) is 0.466. The summed E-state index contributed by atoms with van der Waals surface area (Å²) in [5, 5.41) is 12.5. The van der Waals surface area contributed by atoms with E-state index < -0.39 is 22.5 Å². The average Bonchev–Trinajstić information content (AvgIpc) is 2.88. The molecule has 0 fully saturated rings. The maximum absolute atomic E-state index is 13.4. The summed E-state index contributed by atoms with van der Waals surface area (Å²) in [7, 11) is -4.04. The van der Waals surface area contributed by atoms with Crippen molar-refractivity contribution in [3.05, 3.63) is 84.4 Å². The summed E-state index contributed by atoms with van der Waals surface area (Å²) in [5.41, 5.74) is 3.38. The summed E-state index contributed by atoms with van der Waals surface area (Å²) >= 11 is 0. The Hall–Kier alpha value is -4.36. The Morgan fingerprint density at radius 1 is 1.00 bits per heavy atom. The van der Waals surface area contributed by atoms with Crippen LogP contribution >= 0.6 is 0 Å². The van der Waals surface area contributed by atoms with E-state index in [1.165, 1.54) is 18.3 Å². The lowest BCUT2D eigenvalue weighted by Crippen LogP contribution is -2.39. The Kier molecular flexibility index (Phi) is 8.81. The van der Waals surface area contributed by atoms with Crippen LogP contribution in [0.4, 0.5) is 5.69 Å². The number of hydrogen-bond acceptors (Lipinski definition) is 7. The standard InChI is InChI=1S/C25H24N4O5S/c1-2-33-22-12-14-24(15-13-22)35(31,32)29(21-6-4-3-5-7-21)19-25(30)28-27-18-20-8-10-23(11-9-20)34-17-16-26/h3-15,18H,2,17,19H2,1H3,(H,28,30)/b27-18-. The van der Waals surface area contributed by atoms with Crippen molar-refractivity contribution in [1.29, 1.82) is 5.26 Å². The quantitative estimate of drug-likeness (QED) is 0.324. The van der Waals surface area contributed by atoms with Gasteiger partial charge in [0.1, 0.15) is 24.1 Å². The van der Waals surface area contributed by atoms with E-state index in [4.69, 9.17) is 14.7 Å². The monoisotopic (exact) mass is 492 g/mol. The maximum Gasteiger partial charge on any atom is 0.264 e. The Morgan fingerprint density at radius 2 is 1.63 bits per heavy atom. The molecule has 0 heterocycles. The predicted molar refractivity (Wildman–Crippen MR) is 132 cm³/mol. The van der Waals surface area contributed by atoms with Gasteiger partial charge >= 0.3 is 0 Å². The van der Waals surface area contributed by atoms with Crippen LogP contribution in [0.2, 0.25) is 0 Å². The van der Waals surface area contributed by atoms with Crippen LogP contribution < -0.4 is 19.2 Å². The SMILES string of the molecule is CCOc1ccc(S(=O)(=O)N(CC(=O)N/N=C\c2ccc(OCC#N)cc2)c2ccccc2)cc1. The molecule has 180 valence electrons. The van der Waals surface area contributed by atoms with Gasteiger partial charge in [-0.05, 0) is 73.2 Å². The van der Waals surface area contributed by atoms with E-state index in [9.17, 15) is 13.2 Å². The molecule has 3 rings (SSSR count). The largest absolute Gasteiger partial charge is 0.494 e. The number of nitriles is 1. The van der Waals surface area contributed by atoms with Crippen molar-refractivity contribution in [3.63, 3.8) is 0 Å². The molecule has 0 unspecified atom stereocenters. The topological polar surface area (TPSA) is 121 Å². The summed E-state index contributed by atoms with van der Waals surface area (Å²) in [6.45, 7) is 1.77. The van der Waals surface area contributed by atoms with E-state index >= 15 is 0 Å². The molecule has 0 aliphatic heterocycles. The maximum atomic E-state index is 13.4. The van der Waals surface area contributed by atoms with E-state index in [0.29, 0.717) is 29.4 Å². The van der Waals surface area contributed by atoms with Crippen molar-refractivity contribution >= 4 is 27.8 Å². The van der Waals surface area contributed by atoms with Gasteiger partial charge in [-0.25, -0.2) is 13.8 Å². The molecule has 1 N–H and O–H groups in total. The molecule has 0 radical (unpaired) electrons. The highest BCUT2D eigenvalue weighted by atomic mass is 32.2. The van der Waals surface area contributed by atoms with Crippen molar-refractivity contribution in [2.45, 2.75) is 11.8 Å². The zero-order valence-electron chi connectivity index (χ0n) is 19.0. The first-order chi connectivity index (χ1) is 16.9. The third-order valence-electron chi connectivity index (χ3n) is 4.64. The molecule has 0 aliphatic carbocycles. The van der Waals surface area contributed by atoms with Crippen molar-refractivity contribution in [1.82, 2.24) is 5.43 Å². The minimum atomic E-state index is -4.04. The number of nitrogens with one attached hydrogen (secondary N) is 1. The van der Waals surface area contributed by atoms with E-state index in [0.717, 1.165) is 4.31 Å². The van der Waals surface area contributed by atoms with Crippen molar-refractivity contribution < 1.29 is 22.7 Å². The third kappa shape index (κ3) is 7.06. The highest BCUT2D eigenvalue weighted by molar-refractivity contribution is 7.92. The molecule has 0 spiro atoms. The fraction of sp³-hybridized carbons (Fsp3) is 0.160. The molecule has 0 saturated heterocycles. The first-order valence-corrected chi connectivity index (χ1v) is 12.1. The summed E-state index contributed by atoms with van der Waals surface area (Å²) in [6, 6.07) is 23.0. The number of ether oxygens (including phenoxy) is 2. The predicted octanol–water partition coefficient (Wildman–Crippen LogP) is 3.33. The molecule has 1 amide bonds. The normalized spacial score (nSPS) is 11.0. The van der Waals surface area contributed by atoms with Crippen LogP contribution in [0.5, 0.6) is 11.5 Å². The zero-order valence-corrected chi connectivity index (χ0v) is 19.8. The number of anilines is 1. The van der Waals surface area contributed by atoms with Gasteiger partial charge in [0.15, 0.2) is 6.61 Å². The molecule has 10 heteroatoms. The minimum absolute atomic E-state index is 0.0276. The molecule has 0 bridgehead atoms. The van der Waals surface area contributed by atoms with Crippen molar-refractivity contribution in [2.75, 3.05) is 24.1 Å². The van der Waals surface area contributed by atoms with Crippen LogP contribution in [0.1, 0.15) is 12.5 Å². The van der Waals surface area contributed by atoms with Crippen LogP contribution in [0.3, 0.4) is 0 Å². The Bertz CT molecular complexity index is 1290. The molecule has 0 aromatic heterocycles. The first kappa shape index (κ1) is 25.3. The van der Waals surface area contributed by atoms with E-state index in [1.54, 1.807) is 66.7 Å². The average molecular weight is 493 g/mol. The highest BCUT2D eigenvalue weighted by Crippen LogP contribution is 2.25. The zero-order chi connectivity index (χ0) is 25.1. The molecule has 0 saturated carbocycles. The number of carbonyl (C=O) groups is 1. The van der Waals surface area contributed by atoms with Crippen LogP contribution in [-0.4, -0.2) is 40.3 Å². The molecule has 35 heavy (non-hydrogen) atoms. The van der Waals surface area contributed by atoms with Gasteiger partial charge in [-0.2, -0.15) is 10.4 Å². The van der Waals surface area contributed by atoms with Crippen LogP contribution in [0.15, 0.2) is 88.9 Å². The van der Waals surface area contributed by atoms with Gasteiger partial charge in [0.2, 0.25) is 0 Å². The van der Waals surface area contributed by atoms with Crippen molar-refractivity contribution in [2.24, 2.45) is 5.10 Å². The molecule has 3 aromatic rings. The number of hydrazone groups is 1. The Morgan fingerprint density at radius 3 is 2.26 bits per heavy atom. The van der Waals surface area contributed by atoms with E-state index in [1.807, 2.05) is 13.0 Å². The highest BCUT2D eigenvalue weighted by Gasteiger charge is 2.27. The Balaban J connectivity index is 1.73. The van der Waals surface area contributed by atoms with Gasteiger partial charge in [-0.3, -0.25) is 9.10 Å². The van der Waals surface area contributed by atoms with Crippen LogP contribution in [-0.2, 0) is 14.8 Å².